The van der Waals surface area contributed by atoms with Crippen molar-refractivity contribution in [3.8, 4) is 0 Å². The van der Waals surface area contributed by atoms with Crippen molar-refractivity contribution < 1.29 is 18.0 Å². The number of nitrogens with one attached hydrogen (secondary N) is 1. The summed E-state index contributed by atoms with van der Waals surface area (Å²) >= 11 is 0.791. The van der Waals surface area contributed by atoms with Crippen LogP contribution in [0.15, 0.2) is 34.5 Å². The molecule has 4 nitrogen and oxygen atoms in total. The Morgan fingerprint density at radius 3 is 2.65 bits per heavy atom. The third-order valence-electron chi connectivity index (χ3n) is 2.12. The zero-order valence-corrected chi connectivity index (χ0v) is 11.4. The molecule has 2 rings (SSSR count). The molecule has 0 spiro atoms. The second-order valence-corrected chi connectivity index (χ2v) is 5.57. The highest BCUT2D eigenvalue weighted by Gasteiger charge is 2.30. The summed E-state index contributed by atoms with van der Waals surface area (Å²) in [6, 6.07) is 5.67. The Kier molecular flexibility index (Phi) is 4.19. The first kappa shape index (κ1) is 14.7. The van der Waals surface area contributed by atoms with Crippen LogP contribution in [0.5, 0.6) is 0 Å². The minimum atomic E-state index is -4.42. The maximum absolute atomic E-state index is 12.4. The van der Waals surface area contributed by atoms with Gasteiger partial charge in [-0.3, -0.25) is 4.79 Å². The maximum atomic E-state index is 12.4. The number of carbonyl (C=O) groups is 1. The van der Waals surface area contributed by atoms with Gasteiger partial charge in [0.15, 0.2) is 5.13 Å². The lowest BCUT2D eigenvalue weighted by Crippen LogP contribution is -2.13. The number of alkyl halides is 3. The zero-order chi connectivity index (χ0) is 14.8. The van der Waals surface area contributed by atoms with Crippen molar-refractivity contribution in [1.82, 2.24) is 4.98 Å². The Morgan fingerprint density at radius 2 is 2.05 bits per heavy atom. The largest absolute Gasteiger partial charge is 0.446 e. The molecule has 0 aliphatic rings. The van der Waals surface area contributed by atoms with Crippen LogP contribution in [0.3, 0.4) is 0 Å². The van der Waals surface area contributed by atoms with E-state index in [4.69, 9.17) is 5.73 Å². The number of nitrogens with two attached hydrogens (primary N) is 1. The quantitative estimate of drug-likeness (QED) is 0.848. The minimum Gasteiger partial charge on any atom is -0.375 e. The molecule has 0 radical (unpaired) electrons. The van der Waals surface area contributed by atoms with E-state index in [0.717, 1.165) is 11.3 Å². The summed E-state index contributed by atoms with van der Waals surface area (Å²) in [6.45, 7) is 0. The molecule has 106 valence electrons. The third-order valence-corrected chi connectivity index (χ3v) is 3.60. The third kappa shape index (κ3) is 3.87. The molecular formula is C11H8F3N3OS2. The molecule has 20 heavy (non-hydrogen) atoms. The number of rotatable bonds is 3. The van der Waals surface area contributed by atoms with Crippen LogP contribution in [-0.4, -0.2) is 16.4 Å². The molecule has 1 amide bonds. The number of benzene rings is 1. The van der Waals surface area contributed by atoms with Crippen LogP contribution in [0.1, 0.15) is 10.5 Å². The topological polar surface area (TPSA) is 68.0 Å². The smallest absolute Gasteiger partial charge is 0.375 e. The highest BCUT2D eigenvalue weighted by Crippen LogP contribution is 2.40. The summed E-state index contributed by atoms with van der Waals surface area (Å²) in [5, 5.41) is 4.04. The molecule has 0 saturated heterocycles. The number of thioether (sulfide) groups is 1. The van der Waals surface area contributed by atoms with Gasteiger partial charge < -0.3 is 11.1 Å². The molecule has 0 fully saturated rings. The molecule has 1 aromatic carbocycles. The second-order valence-electron chi connectivity index (χ2n) is 3.57. The summed E-state index contributed by atoms with van der Waals surface area (Å²) in [4.78, 5) is 15.5. The fraction of sp³-hybridized carbons (Fsp3) is 0.0909. The van der Waals surface area contributed by atoms with Crippen LogP contribution >= 0.6 is 23.1 Å². The van der Waals surface area contributed by atoms with E-state index in [1.54, 1.807) is 0 Å². The van der Waals surface area contributed by atoms with Gasteiger partial charge in [0.2, 0.25) is 0 Å². The monoisotopic (exact) mass is 319 g/mol. The van der Waals surface area contributed by atoms with Gasteiger partial charge in [-0.25, -0.2) is 4.98 Å². The first-order valence-electron chi connectivity index (χ1n) is 5.22. The van der Waals surface area contributed by atoms with Crippen LogP contribution in [0.25, 0.3) is 0 Å². The van der Waals surface area contributed by atoms with Crippen LogP contribution < -0.4 is 11.1 Å². The minimum absolute atomic E-state index is 0.0688. The van der Waals surface area contributed by atoms with Crippen LogP contribution in [0.4, 0.5) is 24.0 Å². The van der Waals surface area contributed by atoms with Gasteiger partial charge in [0.05, 0.1) is 5.69 Å². The van der Waals surface area contributed by atoms with Crippen LogP contribution in [0, 0.1) is 0 Å². The molecule has 0 atom stereocenters. The van der Waals surface area contributed by atoms with Crippen molar-refractivity contribution in [1.29, 1.82) is 0 Å². The summed E-state index contributed by atoms with van der Waals surface area (Å²) in [5.74, 6) is -0.604. The van der Waals surface area contributed by atoms with E-state index in [-0.39, 0.29) is 33.2 Å². The molecule has 9 heteroatoms. The van der Waals surface area contributed by atoms with Gasteiger partial charge in [0.25, 0.3) is 5.91 Å². The van der Waals surface area contributed by atoms with Gasteiger partial charge in [-0.05, 0) is 23.9 Å². The lowest BCUT2D eigenvalue weighted by atomic mass is 10.3. The molecule has 3 N–H and O–H groups in total. The number of amides is 1. The summed E-state index contributed by atoms with van der Waals surface area (Å²) < 4.78 is 37.2. The molecular weight excluding hydrogens is 311 g/mol. The number of nitrogens with zero attached hydrogens (tertiary/aromatic N) is 1. The number of thiazole rings is 1. The van der Waals surface area contributed by atoms with E-state index in [1.807, 2.05) is 0 Å². The van der Waals surface area contributed by atoms with E-state index in [1.165, 1.54) is 29.6 Å². The number of para-hydroxylation sites is 1. The number of aromatic nitrogens is 1. The Morgan fingerprint density at radius 1 is 1.35 bits per heavy atom. The number of hydrogen-bond acceptors (Lipinski definition) is 5. The van der Waals surface area contributed by atoms with Gasteiger partial charge in [-0.15, -0.1) is 11.3 Å². The molecule has 1 heterocycles. The molecule has 0 saturated carbocycles. The normalized spacial score (nSPS) is 11.3. The standard InChI is InChI=1S/C11H8F3N3OS2/c12-11(13,14)20-8-4-2-1-3-6(8)16-9(18)7-5-19-10(15)17-7/h1-5H,(H2,15,17)(H,16,18). The second kappa shape index (κ2) is 5.71. The number of nitrogen functional groups attached to an aromatic ring is 1. The first-order chi connectivity index (χ1) is 9.35. The van der Waals surface area contributed by atoms with Crippen molar-refractivity contribution in [2.24, 2.45) is 0 Å². The van der Waals surface area contributed by atoms with Crippen molar-refractivity contribution in [2.45, 2.75) is 10.4 Å². The summed E-state index contributed by atoms with van der Waals surface area (Å²) in [6.07, 6.45) is 0. The van der Waals surface area contributed by atoms with Crippen LogP contribution in [0.2, 0.25) is 0 Å². The van der Waals surface area contributed by atoms with Crippen molar-refractivity contribution in [3.05, 3.63) is 35.3 Å². The Bertz CT molecular complexity index is 627. The van der Waals surface area contributed by atoms with E-state index in [0.29, 0.717) is 0 Å². The van der Waals surface area contributed by atoms with Crippen LogP contribution in [-0.2, 0) is 0 Å². The van der Waals surface area contributed by atoms with E-state index in [2.05, 4.69) is 10.3 Å². The SMILES string of the molecule is Nc1nc(C(=O)Nc2ccccc2SC(F)(F)F)cs1. The maximum Gasteiger partial charge on any atom is 0.446 e. The predicted molar refractivity (Wildman–Crippen MR) is 72.8 cm³/mol. The molecule has 0 aliphatic carbocycles. The number of hydrogen-bond donors (Lipinski definition) is 2. The Balaban J connectivity index is 2.19. The lowest BCUT2D eigenvalue weighted by Gasteiger charge is -2.11. The molecule has 0 bridgehead atoms. The molecule has 1 aromatic heterocycles. The summed E-state index contributed by atoms with van der Waals surface area (Å²) in [5.41, 5.74) is 1.12. The molecule has 0 aliphatic heterocycles. The van der Waals surface area contributed by atoms with Gasteiger partial charge in [-0.1, -0.05) is 12.1 Å². The van der Waals surface area contributed by atoms with Crippen molar-refractivity contribution >= 4 is 39.8 Å². The first-order valence-corrected chi connectivity index (χ1v) is 6.92. The Hall–Kier alpha value is -1.74. The van der Waals surface area contributed by atoms with Gasteiger partial charge >= 0.3 is 5.51 Å². The average molecular weight is 319 g/mol. The van der Waals surface area contributed by atoms with E-state index in [9.17, 15) is 18.0 Å². The fourth-order valence-electron chi connectivity index (χ4n) is 1.36. The van der Waals surface area contributed by atoms with Crippen molar-refractivity contribution in [2.75, 3.05) is 11.1 Å². The number of carbonyl (C=O) groups excluding carboxylic acids is 1. The van der Waals surface area contributed by atoms with E-state index < -0.39 is 11.4 Å². The highest BCUT2D eigenvalue weighted by atomic mass is 32.2. The number of anilines is 2. The summed E-state index contributed by atoms with van der Waals surface area (Å²) in [7, 11) is 0. The van der Waals surface area contributed by atoms with Gasteiger partial charge in [-0.2, -0.15) is 13.2 Å². The number of halogens is 3. The van der Waals surface area contributed by atoms with E-state index >= 15 is 0 Å². The van der Waals surface area contributed by atoms with Crippen molar-refractivity contribution in [3.63, 3.8) is 0 Å². The molecule has 2 aromatic rings. The Labute approximate surface area is 120 Å². The lowest BCUT2D eigenvalue weighted by molar-refractivity contribution is -0.0328. The zero-order valence-electron chi connectivity index (χ0n) is 9.77. The predicted octanol–water partition coefficient (Wildman–Crippen LogP) is 3.59. The average Bonchev–Trinajstić information content (AvgIpc) is 2.77. The highest BCUT2D eigenvalue weighted by molar-refractivity contribution is 8.00. The van der Waals surface area contributed by atoms with Gasteiger partial charge in [0.1, 0.15) is 5.69 Å². The molecule has 0 unspecified atom stereocenters. The fourth-order valence-corrected chi connectivity index (χ4v) is 2.53. The van der Waals surface area contributed by atoms with Gasteiger partial charge in [0, 0.05) is 10.3 Å².